The van der Waals surface area contributed by atoms with Gasteiger partial charge in [0.05, 0.1) is 12.5 Å². The molecule has 0 N–H and O–H groups in total. The molecule has 158 valence electrons. The molecule has 0 spiro atoms. The summed E-state index contributed by atoms with van der Waals surface area (Å²) in [6.45, 7) is 4.13. The van der Waals surface area contributed by atoms with Crippen LogP contribution in [0, 0.1) is 5.92 Å². The fraction of sp³-hybridized carbons (Fsp3) is 0.417. The van der Waals surface area contributed by atoms with E-state index in [9.17, 15) is 9.59 Å². The van der Waals surface area contributed by atoms with Gasteiger partial charge in [0.1, 0.15) is 10.5 Å². The Bertz CT molecular complexity index is 1010. The highest BCUT2D eigenvalue weighted by Gasteiger charge is 2.31. The summed E-state index contributed by atoms with van der Waals surface area (Å²) in [6, 6.07) is 14.5. The van der Waals surface area contributed by atoms with E-state index in [4.69, 9.17) is 4.74 Å². The Hall–Kier alpha value is -2.60. The molecule has 1 atom stereocenters. The van der Waals surface area contributed by atoms with E-state index in [0.29, 0.717) is 19.7 Å². The van der Waals surface area contributed by atoms with E-state index in [1.54, 1.807) is 11.3 Å². The predicted molar refractivity (Wildman–Crippen MR) is 120 cm³/mol. The zero-order valence-corrected chi connectivity index (χ0v) is 18.2. The largest absolute Gasteiger partial charge is 0.466 e. The zero-order valence-electron chi connectivity index (χ0n) is 17.4. The molecule has 1 saturated heterocycles. The van der Waals surface area contributed by atoms with Gasteiger partial charge in [0.2, 0.25) is 0 Å². The van der Waals surface area contributed by atoms with Crippen molar-refractivity contribution < 1.29 is 14.3 Å². The van der Waals surface area contributed by atoms with Gasteiger partial charge < -0.3 is 14.2 Å². The van der Waals surface area contributed by atoms with E-state index in [1.807, 2.05) is 24.0 Å². The lowest BCUT2D eigenvalue weighted by molar-refractivity contribution is -0.149. The minimum atomic E-state index is -0.217. The first kappa shape index (κ1) is 20.7. The normalized spacial score (nSPS) is 16.7. The van der Waals surface area contributed by atoms with Crippen molar-refractivity contribution >= 4 is 33.4 Å². The number of thiophene rings is 1. The molecule has 0 aliphatic carbocycles. The quantitative estimate of drug-likeness (QED) is 0.514. The number of esters is 1. The third-order valence-electron chi connectivity index (χ3n) is 5.74. The smallest absolute Gasteiger partial charge is 0.310 e. The second-order valence-electron chi connectivity index (χ2n) is 7.79. The van der Waals surface area contributed by atoms with Crippen molar-refractivity contribution in [3.63, 3.8) is 0 Å². The number of amides is 1. The lowest BCUT2D eigenvalue weighted by atomic mass is 9.98. The minimum Gasteiger partial charge on any atom is -0.466 e. The molecule has 5 nitrogen and oxygen atoms in total. The fourth-order valence-electron chi connectivity index (χ4n) is 4.24. The van der Waals surface area contributed by atoms with Gasteiger partial charge in [-0.15, -0.1) is 11.3 Å². The van der Waals surface area contributed by atoms with Crippen LogP contribution in [0.2, 0.25) is 0 Å². The number of hydrogen-bond donors (Lipinski definition) is 0. The van der Waals surface area contributed by atoms with E-state index in [2.05, 4.69) is 40.3 Å². The van der Waals surface area contributed by atoms with E-state index < -0.39 is 0 Å². The average molecular weight is 425 g/mol. The lowest BCUT2D eigenvalue weighted by Gasteiger charge is -2.31. The van der Waals surface area contributed by atoms with E-state index >= 15 is 0 Å². The van der Waals surface area contributed by atoms with Crippen molar-refractivity contribution in [3.8, 4) is 0 Å². The standard InChI is InChI=1S/C24H28N2O3S/c1-2-29-24(28)20-11-7-13-25(17-20)22(27)21-16-19-12-15-30-23(19)26(21)14-6-10-18-8-4-3-5-9-18/h3-5,8-9,12,15-16,20H,2,6-7,10-11,13-14,17H2,1H3. The molecular formula is C24H28N2O3S. The third-order valence-corrected chi connectivity index (χ3v) is 6.69. The Morgan fingerprint density at radius 1 is 1.20 bits per heavy atom. The summed E-state index contributed by atoms with van der Waals surface area (Å²) in [4.78, 5) is 28.6. The summed E-state index contributed by atoms with van der Waals surface area (Å²) in [5.74, 6) is -0.383. The maximum Gasteiger partial charge on any atom is 0.310 e. The van der Waals surface area contributed by atoms with Gasteiger partial charge in [0.25, 0.3) is 5.91 Å². The first-order valence-corrected chi connectivity index (χ1v) is 11.6. The van der Waals surface area contributed by atoms with Crippen LogP contribution in [0.5, 0.6) is 0 Å². The zero-order chi connectivity index (χ0) is 20.9. The van der Waals surface area contributed by atoms with Gasteiger partial charge in [0, 0.05) is 25.0 Å². The molecule has 3 aromatic rings. The van der Waals surface area contributed by atoms with Crippen molar-refractivity contribution in [1.82, 2.24) is 9.47 Å². The number of hydrogen-bond acceptors (Lipinski definition) is 4. The Kier molecular flexibility index (Phi) is 6.53. The minimum absolute atomic E-state index is 0.0205. The number of nitrogens with zero attached hydrogens (tertiary/aromatic N) is 2. The van der Waals surface area contributed by atoms with E-state index in [0.717, 1.165) is 48.1 Å². The molecule has 3 heterocycles. The molecule has 6 heteroatoms. The molecular weight excluding hydrogens is 396 g/mol. The maximum atomic E-state index is 13.4. The van der Waals surface area contributed by atoms with Crippen LogP contribution in [-0.2, 0) is 22.5 Å². The second kappa shape index (κ2) is 9.47. The number of carbonyl (C=O) groups excluding carboxylic acids is 2. The van der Waals surface area contributed by atoms with Crippen LogP contribution in [0.15, 0.2) is 47.8 Å². The third kappa shape index (κ3) is 4.43. The van der Waals surface area contributed by atoms with Crippen LogP contribution in [0.25, 0.3) is 10.2 Å². The number of fused-ring (bicyclic) bond motifs is 1. The summed E-state index contributed by atoms with van der Waals surface area (Å²) in [5.41, 5.74) is 2.04. The van der Waals surface area contributed by atoms with E-state index in [-0.39, 0.29) is 17.8 Å². The molecule has 30 heavy (non-hydrogen) atoms. The van der Waals surface area contributed by atoms with Crippen LogP contribution >= 0.6 is 11.3 Å². The summed E-state index contributed by atoms with van der Waals surface area (Å²) in [7, 11) is 0. The number of likely N-dealkylation sites (tertiary alicyclic amines) is 1. The topological polar surface area (TPSA) is 51.5 Å². The van der Waals surface area contributed by atoms with Crippen LogP contribution < -0.4 is 0 Å². The van der Waals surface area contributed by atoms with Crippen LogP contribution in [0.3, 0.4) is 0 Å². The monoisotopic (exact) mass is 424 g/mol. The molecule has 1 aliphatic heterocycles. The number of carbonyl (C=O) groups is 2. The van der Waals surface area contributed by atoms with Crippen LogP contribution in [0.1, 0.15) is 42.2 Å². The molecule has 2 aromatic heterocycles. The van der Waals surface area contributed by atoms with Gasteiger partial charge in [-0.1, -0.05) is 30.3 Å². The molecule has 1 aromatic carbocycles. The van der Waals surface area contributed by atoms with Gasteiger partial charge in [-0.25, -0.2) is 0 Å². The van der Waals surface area contributed by atoms with Gasteiger partial charge in [-0.3, -0.25) is 9.59 Å². The Labute approximate surface area is 181 Å². The fourth-order valence-corrected chi connectivity index (χ4v) is 5.16. The number of benzene rings is 1. The Morgan fingerprint density at radius 3 is 2.83 bits per heavy atom. The summed E-state index contributed by atoms with van der Waals surface area (Å²) < 4.78 is 7.36. The number of aromatic nitrogens is 1. The molecule has 1 unspecified atom stereocenters. The summed E-state index contributed by atoms with van der Waals surface area (Å²) in [5, 5.41) is 3.19. The lowest BCUT2D eigenvalue weighted by Crippen LogP contribution is -2.43. The molecule has 1 amide bonds. The SMILES string of the molecule is CCOC(=O)C1CCCN(C(=O)c2cc3ccsc3n2CCCc2ccccc2)C1. The number of rotatable bonds is 7. The van der Waals surface area contributed by atoms with Gasteiger partial charge >= 0.3 is 5.97 Å². The summed E-state index contributed by atoms with van der Waals surface area (Å²) in [6.07, 6.45) is 3.57. The van der Waals surface area contributed by atoms with Crippen LogP contribution in [0.4, 0.5) is 0 Å². The highest BCUT2D eigenvalue weighted by atomic mass is 32.1. The van der Waals surface area contributed by atoms with Crippen molar-refractivity contribution in [2.75, 3.05) is 19.7 Å². The average Bonchev–Trinajstić information content (AvgIpc) is 3.36. The van der Waals surface area contributed by atoms with Gasteiger partial charge in [-0.05, 0) is 55.7 Å². The van der Waals surface area contributed by atoms with Crippen molar-refractivity contribution in [1.29, 1.82) is 0 Å². The predicted octanol–water partition coefficient (Wildman–Crippen LogP) is 4.75. The Balaban J connectivity index is 1.50. The highest BCUT2D eigenvalue weighted by Crippen LogP contribution is 2.28. The molecule has 0 bridgehead atoms. The highest BCUT2D eigenvalue weighted by molar-refractivity contribution is 7.16. The van der Waals surface area contributed by atoms with Crippen molar-refractivity contribution in [2.24, 2.45) is 5.92 Å². The number of ether oxygens (including phenoxy) is 1. The molecule has 1 fully saturated rings. The molecule has 0 saturated carbocycles. The second-order valence-corrected chi connectivity index (χ2v) is 8.69. The first-order chi connectivity index (χ1) is 14.7. The van der Waals surface area contributed by atoms with Crippen molar-refractivity contribution in [2.45, 2.75) is 39.2 Å². The summed E-state index contributed by atoms with van der Waals surface area (Å²) >= 11 is 1.68. The number of aryl methyl sites for hydroxylation is 2. The van der Waals surface area contributed by atoms with Gasteiger partial charge in [0.15, 0.2) is 0 Å². The maximum absolute atomic E-state index is 13.4. The van der Waals surface area contributed by atoms with Crippen molar-refractivity contribution in [3.05, 3.63) is 59.1 Å². The molecule has 4 rings (SSSR count). The molecule has 1 aliphatic rings. The van der Waals surface area contributed by atoms with E-state index in [1.165, 1.54) is 5.56 Å². The van der Waals surface area contributed by atoms with Crippen LogP contribution in [-0.4, -0.2) is 41.0 Å². The first-order valence-electron chi connectivity index (χ1n) is 10.7. The number of piperidine rings is 1. The van der Waals surface area contributed by atoms with Gasteiger partial charge in [-0.2, -0.15) is 0 Å². The Morgan fingerprint density at radius 2 is 2.03 bits per heavy atom. The molecule has 0 radical (unpaired) electrons.